The van der Waals surface area contributed by atoms with Crippen LogP contribution < -0.4 is 0 Å². The number of nitrogens with zero attached hydrogens (tertiary/aromatic N) is 4. The molecular weight excluding hydrogens is 432 g/mol. The van der Waals surface area contributed by atoms with Gasteiger partial charge in [0, 0.05) is 41.8 Å². The summed E-state index contributed by atoms with van der Waals surface area (Å²) in [7, 11) is 0. The number of rotatable bonds is 3. The van der Waals surface area contributed by atoms with Gasteiger partial charge in [0.2, 0.25) is 0 Å². The van der Waals surface area contributed by atoms with Crippen LogP contribution in [0.25, 0.3) is 5.00 Å². The zero-order valence-corrected chi connectivity index (χ0v) is 20.1. The van der Waals surface area contributed by atoms with Crippen LogP contribution in [0.1, 0.15) is 66.5 Å². The predicted octanol–water partition coefficient (Wildman–Crippen LogP) is 5.51. The van der Waals surface area contributed by atoms with Gasteiger partial charge in [0.05, 0.1) is 5.71 Å². The highest BCUT2D eigenvalue weighted by molar-refractivity contribution is 7.15. The van der Waals surface area contributed by atoms with Crippen molar-refractivity contribution in [2.24, 2.45) is 4.99 Å². The van der Waals surface area contributed by atoms with E-state index < -0.39 is 11.6 Å². The Morgan fingerprint density at radius 1 is 1.16 bits per heavy atom. The minimum Gasteiger partial charge on any atom is -0.339 e. The van der Waals surface area contributed by atoms with Crippen molar-refractivity contribution < 1.29 is 9.53 Å². The molecule has 31 heavy (non-hydrogen) atoms. The summed E-state index contributed by atoms with van der Waals surface area (Å²) in [5, 5.41) is 10.5. The van der Waals surface area contributed by atoms with Crippen LogP contribution in [0.2, 0.25) is 5.02 Å². The van der Waals surface area contributed by atoms with Gasteiger partial charge >= 0.3 is 5.97 Å². The minimum atomic E-state index is -0.507. The third kappa shape index (κ3) is 4.16. The molecule has 1 N–H and O–H groups in total. The largest absolute Gasteiger partial charge is 0.485 e. The van der Waals surface area contributed by atoms with E-state index in [-0.39, 0.29) is 12.4 Å². The first-order valence-corrected chi connectivity index (χ1v) is 11.3. The highest BCUT2D eigenvalue weighted by Gasteiger charge is 2.36. The first-order valence-electron chi connectivity index (χ1n) is 10.2. The fraction of sp³-hybridized carbons (Fsp3) is 0.391. The molecule has 0 aliphatic carbocycles. The van der Waals surface area contributed by atoms with Crippen molar-refractivity contribution in [3.05, 3.63) is 62.5 Å². The van der Waals surface area contributed by atoms with Gasteiger partial charge in [-0.25, -0.2) is 0 Å². The van der Waals surface area contributed by atoms with Crippen molar-refractivity contribution in [2.75, 3.05) is 0 Å². The number of aliphatic imine (C=N–C) groups is 1. The Labute approximate surface area is 190 Å². The Morgan fingerprint density at radius 3 is 2.48 bits per heavy atom. The molecule has 3 heterocycles. The lowest BCUT2D eigenvalue weighted by molar-refractivity contribution is 0.0958. The van der Waals surface area contributed by atoms with Crippen LogP contribution in [0, 0.1) is 20.8 Å². The van der Waals surface area contributed by atoms with E-state index in [0.29, 0.717) is 10.8 Å². The van der Waals surface area contributed by atoms with Gasteiger partial charge in [-0.3, -0.25) is 9.56 Å². The quantitative estimate of drug-likeness (QED) is 0.384. The van der Waals surface area contributed by atoms with Gasteiger partial charge in [-0.2, -0.15) is 0 Å². The summed E-state index contributed by atoms with van der Waals surface area (Å²) in [4.78, 5) is 16.9. The maximum absolute atomic E-state index is 10.6. The zero-order chi connectivity index (χ0) is 22.5. The molecular formula is C23H26ClN4O2S+. The summed E-state index contributed by atoms with van der Waals surface area (Å²) in [6, 6.07) is 7.23. The average molecular weight is 458 g/mol. The van der Waals surface area contributed by atoms with Crippen LogP contribution in [0.5, 0.6) is 0 Å². The van der Waals surface area contributed by atoms with Gasteiger partial charge in [-0.05, 0) is 38.5 Å². The van der Waals surface area contributed by atoms with Crippen LogP contribution in [-0.2, 0) is 4.74 Å². The van der Waals surface area contributed by atoms with E-state index in [0.717, 1.165) is 27.7 Å². The van der Waals surface area contributed by atoms with Crippen LogP contribution in [0.4, 0.5) is 0 Å². The summed E-state index contributed by atoms with van der Waals surface area (Å²) in [6.07, 6.45) is 0.194. The van der Waals surface area contributed by atoms with E-state index in [1.165, 1.54) is 10.4 Å². The standard InChI is InChI=1S/C23H25ClN4O2S/c1-12-13(2)31-22-19(12)20(15-7-9-16(24)10-8-15)25-17(11-18(29)30-23(4,5)6)21-27-26-14(3)28(21)22/h7-10,17H,11H2,1-6H3/p+1/t17-/m0/s1. The van der Waals surface area contributed by atoms with E-state index in [1.54, 1.807) is 11.3 Å². The summed E-state index contributed by atoms with van der Waals surface area (Å²) >= 11 is 7.84. The third-order valence-corrected chi connectivity index (χ3v) is 6.59. The summed E-state index contributed by atoms with van der Waals surface area (Å²) in [6.45, 7) is 11.9. The molecule has 0 spiro atoms. The van der Waals surface area contributed by atoms with Gasteiger partial charge in [-0.1, -0.05) is 23.7 Å². The smallest absolute Gasteiger partial charge is 0.339 e. The van der Waals surface area contributed by atoms with Crippen molar-refractivity contribution in [1.82, 2.24) is 14.8 Å². The fourth-order valence-electron chi connectivity index (χ4n) is 3.69. The topological polar surface area (TPSA) is 73.7 Å². The van der Waals surface area contributed by atoms with Crippen LogP contribution >= 0.6 is 22.9 Å². The van der Waals surface area contributed by atoms with Crippen molar-refractivity contribution >= 4 is 34.6 Å². The molecule has 8 heteroatoms. The normalized spacial score (nSPS) is 15.7. The average Bonchev–Trinajstić information content (AvgIpc) is 3.14. The Balaban J connectivity index is 1.91. The second-order valence-corrected chi connectivity index (χ2v) is 10.4. The lowest BCUT2D eigenvalue weighted by Gasteiger charge is -2.13. The highest BCUT2D eigenvalue weighted by atomic mass is 35.5. The molecule has 162 valence electrons. The maximum Gasteiger partial charge on any atom is 0.485 e. The lowest BCUT2D eigenvalue weighted by atomic mass is 9.99. The van der Waals surface area contributed by atoms with E-state index in [4.69, 9.17) is 21.3 Å². The number of thiophene rings is 1. The summed E-state index contributed by atoms with van der Waals surface area (Å²) in [5.74, 6) is 1.40. The zero-order valence-electron chi connectivity index (χ0n) is 18.5. The predicted molar refractivity (Wildman–Crippen MR) is 126 cm³/mol. The van der Waals surface area contributed by atoms with Gasteiger partial charge in [-0.15, -0.1) is 21.5 Å². The number of ether oxygens (including phenoxy) is 1. The molecule has 0 amide bonds. The number of carbonyl (C=O) groups excluding carboxylic acids is 1. The molecule has 3 aromatic rings. The van der Waals surface area contributed by atoms with Crippen LogP contribution in [-0.4, -0.2) is 36.8 Å². The van der Waals surface area contributed by atoms with Crippen molar-refractivity contribution in [2.45, 2.75) is 59.6 Å². The first kappa shape index (κ1) is 21.7. The Bertz CT molecular complexity index is 1190. The molecule has 0 saturated carbocycles. The second kappa shape index (κ2) is 7.88. The number of hydrogen-bond donors (Lipinski definition) is 0. The molecule has 1 atom stereocenters. The molecule has 0 unspecified atom stereocenters. The maximum atomic E-state index is 10.6. The molecule has 0 bridgehead atoms. The van der Waals surface area contributed by atoms with E-state index in [1.807, 2.05) is 52.0 Å². The molecule has 1 aromatic carbocycles. The van der Waals surface area contributed by atoms with Crippen molar-refractivity contribution in [3.8, 4) is 5.00 Å². The van der Waals surface area contributed by atoms with Crippen molar-refractivity contribution in [3.63, 3.8) is 0 Å². The van der Waals surface area contributed by atoms with Gasteiger partial charge in [0.25, 0.3) is 0 Å². The Hall–Kier alpha value is -2.51. The van der Waals surface area contributed by atoms with Gasteiger partial charge in [0.15, 0.2) is 11.4 Å². The second-order valence-electron chi connectivity index (χ2n) is 8.72. The molecule has 6 nitrogen and oxygen atoms in total. The number of aryl methyl sites for hydroxylation is 2. The Morgan fingerprint density at radius 2 is 1.84 bits per heavy atom. The van der Waals surface area contributed by atoms with Gasteiger partial charge < -0.3 is 9.53 Å². The van der Waals surface area contributed by atoms with Gasteiger partial charge in [0.1, 0.15) is 23.3 Å². The number of fused-ring (bicyclic) bond motifs is 3. The van der Waals surface area contributed by atoms with E-state index >= 15 is 0 Å². The molecule has 0 fully saturated rings. The molecule has 2 aromatic heterocycles. The molecule has 1 aliphatic rings. The number of aromatic nitrogens is 3. The van der Waals surface area contributed by atoms with E-state index in [2.05, 4.69) is 28.6 Å². The fourth-order valence-corrected chi connectivity index (χ4v) is 5.03. The summed E-state index contributed by atoms with van der Waals surface area (Å²) < 4.78 is 7.75. The molecule has 0 radical (unpaired) electrons. The SMILES string of the molecule is Cc1sc2c(c1C)C(c1ccc(Cl)cc1)=N[C@@H](CC(=[OH+])OC(C)(C)C)c1nnc(C)n1-2. The van der Waals surface area contributed by atoms with E-state index in [9.17, 15) is 4.79 Å². The van der Waals surface area contributed by atoms with Crippen LogP contribution in [0.3, 0.4) is 0 Å². The molecule has 4 rings (SSSR count). The first-order chi connectivity index (χ1) is 14.5. The highest BCUT2D eigenvalue weighted by Crippen LogP contribution is 2.39. The molecule has 1 aliphatic heterocycles. The van der Waals surface area contributed by atoms with Crippen LogP contribution in [0.15, 0.2) is 29.3 Å². The monoisotopic (exact) mass is 457 g/mol. The number of halogens is 1. The third-order valence-electron chi connectivity index (χ3n) is 5.15. The summed E-state index contributed by atoms with van der Waals surface area (Å²) in [5.41, 5.74) is 3.55. The minimum absolute atomic E-state index is 0.0675. The van der Waals surface area contributed by atoms with Crippen molar-refractivity contribution in [1.29, 1.82) is 0 Å². The molecule has 0 saturated heterocycles. The number of esters is 1. The number of benzene rings is 1. The Kier molecular flexibility index (Phi) is 5.52. The number of hydrogen-bond acceptors (Lipinski definition) is 5. The lowest BCUT2D eigenvalue weighted by Crippen LogP contribution is -2.25.